The summed E-state index contributed by atoms with van der Waals surface area (Å²) in [6, 6.07) is 0.835. The number of hydrogen-bond acceptors (Lipinski definition) is 3. The highest BCUT2D eigenvalue weighted by Gasteiger charge is 2.39. The molecule has 0 spiro atoms. The first-order valence-corrected chi connectivity index (χ1v) is 7.11. The van der Waals surface area contributed by atoms with Gasteiger partial charge < -0.3 is 10.5 Å². The highest BCUT2D eigenvalue weighted by molar-refractivity contribution is 4.93. The minimum atomic E-state index is 0.136. The predicted molar refractivity (Wildman–Crippen MR) is 73.1 cm³/mol. The van der Waals surface area contributed by atoms with Gasteiger partial charge in [-0.3, -0.25) is 4.90 Å². The molecule has 0 aliphatic carbocycles. The van der Waals surface area contributed by atoms with E-state index in [0.717, 1.165) is 19.8 Å². The molecule has 0 saturated carbocycles. The van der Waals surface area contributed by atoms with Crippen LogP contribution in [0.15, 0.2) is 0 Å². The van der Waals surface area contributed by atoms with Gasteiger partial charge >= 0.3 is 0 Å². The third-order valence-corrected chi connectivity index (χ3v) is 4.20. The first kappa shape index (κ1) is 14.9. The Balaban J connectivity index is 2.58. The average Bonchev–Trinajstić information content (AvgIpc) is 2.64. The van der Waals surface area contributed by atoms with Gasteiger partial charge in [-0.05, 0) is 26.3 Å². The van der Waals surface area contributed by atoms with Crippen molar-refractivity contribution in [3.8, 4) is 0 Å². The van der Waals surface area contributed by atoms with Crippen LogP contribution >= 0.6 is 0 Å². The average molecular weight is 242 g/mol. The van der Waals surface area contributed by atoms with Crippen LogP contribution < -0.4 is 5.73 Å². The summed E-state index contributed by atoms with van der Waals surface area (Å²) in [4.78, 5) is 2.60. The number of rotatable bonds is 7. The molecule has 0 aromatic heterocycles. The summed E-state index contributed by atoms with van der Waals surface area (Å²) in [7, 11) is 0. The molecule has 3 nitrogen and oxygen atoms in total. The lowest BCUT2D eigenvalue weighted by Gasteiger charge is -2.37. The molecule has 0 aromatic carbocycles. The molecule has 1 fully saturated rings. The van der Waals surface area contributed by atoms with Crippen molar-refractivity contribution in [2.24, 2.45) is 11.1 Å². The van der Waals surface area contributed by atoms with E-state index in [4.69, 9.17) is 10.5 Å². The summed E-state index contributed by atoms with van der Waals surface area (Å²) >= 11 is 0. The van der Waals surface area contributed by atoms with Crippen molar-refractivity contribution < 1.29 is 4.74 Å². The maximum Gasteiger partial charge on any atom is 0.0624 e. The van der Waals surface area contributed by atoms with Crippen LogP contribution in [0.2, 0.25) is 0 Å². The molecule has 0 radical (unpaired) electrons. The summed E-state index contributed by atoms with van der Waals surface area (Å²) in [5.41, 5.74) is 6.32. The molecule has 3 heteroatoms. The van der Waals surface area contributed by atoms with Crippen molar-refractivity contribution >= 4 is 0 Å². The van der Waals surface area contributed by atoms with Crippen molar-refractivity contribution in [2.45, 2.75) is 59.0 Å². The molecular formula is C14H30N2O. The van der Waals surface area contributed by atoms with Gasteiger partial charge in [-0.1, -0.05) is 27.2 Å². The molecule has 17 heavy (non-hydrogen) atoms. The molecule has 1 heterocycles. The van der Waals surface area contributed by atoms with Gasteiger partial charge in [0.25, 0.3) is 0 Å². The first-order chi connectivity index (χ1) is 8.03. The van der Waals surface area contributed by atoms with Crippen LogP contribution in [0, 0.1) is 5.41 Å². The second-order valence-corrected chi connectivity index (χ2v) is 5.86. The van der Waals surface area contributed by atoms with Gasteiger partial charge in [0, 0.05) is 24.0 Å². The maximum atomic E-state index is 6.18. The summed E-state index contributed by atoms with van der Waals surface area (Å²) in [6.45, 7) is 12.9. The Labute approximate surface area is 107 Å². The van der Waals surface area contributed by atoms with Gasteiger partial charge in [-0.2, -0.15) is 0 Å². The summed E-state index contributed by atoms with van der Waals surface area (Å²) in [5.74, 6) is 0. The second kappa shape index (κ2) is 6.72. The fourth-order valence-corrected chi connectivity index (χ4v) is 2.43. The van der Waals surface area contributed by atoms with E-state index in [-0.39, 0.29) is 11.5 Å². The fourth-order valence-electron chi connectivity index (χ4n) is 2.43. The largest absolute Gasteiger partial charge is 0.379 e. The molecule has 2 N–H and O–H groups in total. The molecule has 102 valence electrons. The van der Waals surface area contributed by atoms with E-state index >= 15 is 0 Å². The Hall–Kier alpha value is -0.120. The maximum absolute atomic E-state index is 6.18. The Morgan fingerprint density at radius 1 is 1.47 bits per heavy atom. The molecule has 3 unspecified atom stereocenters. The molecule has 0 bridgehead atoms. The lowest BCUT2D eigenvalue weighted by atomic mass is 9.84. The van der Waals surface area contributed by atoms with E-state index in [2.05, 4.69) is 32.6 Å². The molecule has 1 aliphatic heterocycles. The van der Waals surface area contributed by atoms with E-state index in [9.17, 15) is 0 Å². The molecule has 1 aliphatic rings. The molecule has 0 amide bonds. The number of ether oxygens (including phenoxy) is 1. The standard InChI is InChI=1S/C14H30N2O/c1-5-7-8-16(12(3)6-2)10-14(4)11-17-9-13(14)15/h12-13H,5-11,15H2,1-4H3. The molecule has 3 atom stereocenters. The van der Waals surface area contributed by atoms with Gasteiger partial charge in [-0.25, -0.2) is 0 Å². The molecule has 1 saturated heterocycles. The van der Waals surface area contributed by atoms with Crippen molar-refractivity contribution in [1.29, 1.82) is 0 Å². The van der Waals surface area contributed by atoms with Crippen LogP contribution in [-0.2, 0) is 4.74 Å². The van der Waals surface area contributed by atoms with Crippen molar-refractivity contribution in [3.05, 3.63) is 0 Å². The Kier molecular flexibility index (Phi) is 5.90. The van der Waals surface area contributed by atoms with E-state index in [0.29, 0.717) is 6.04 Å². The predicted octanol–water partition coefficient (Wildman–Crippen LogP) is 2.25. The van der Waals surface area contributed by atoms with Gasteiger partial charge in [0.05, 0.1) is 13.2 Å². The van der Waals surface area contributed by atoms with Crippen LogP contribution in [0.4, 0.5) is 0 Å². The topological polar surface area (TPSA) is 38.5 Å². The summed E-state index contributed by atoms with van der Waals surface area (Å²) < 4.78 is 5.54. The van der Waals surface area contributed by atoms with E-state index in [1.165, 1.54) is 25.8 Å². The quantitative estimate of drug-likeness (QED) is 0.744. The third-order valence-electron chi connectivity index (χ3n) is 4.20. The van der Waals surface area contributed by atoms with Gasteiger partial charge in [0.15, 0.2) is 0 Å². The number of nitrogens with zero attached hydrogens (tertiary/aromatic N) is 1. The number of hydrogen-bond donors (Lipinski definition) is 1. The van der Waals surface area contributed by atoms with Gasteiger partial charge in [0.1, 0.15) is 0 Å². The normalized spacial score (nSPS) is 31.1. The zero-order chi connectivity index (χ0) is 12.9. The van der Waals surface area contributed by atoms with Crippen molar-refractivity contribution in [2.75, 3.05) is 26.3 Å². The third kappa shape index (κ3) is 3.94. The van der Waals surface area contributed by atoms with Crippen molar-refractivity contribution in [3.63, 3.8) is 0 Å². The zero-order valence-electron chi connectivity index (χ0n) is 12.0. The minimum Gasteiger partial charge on any atom is -0.379 e. The lowest BCUT2D eigenvalue weighted by molar-refractivity contribution is 0.0949. The Bertz CT molecular complexity index is 222. The van der Waals surface area contributed by atoms with Crippen LogP contribution in [0.1, 0.15) is 47.0 Å². The summed E-state index contributed by atoms with van der Waals surface area (Å²) in [6.07, 6.45) is 3.73. The van der Waals surface area contributed by atoms with Gasteiger partial charge in [-0.15, -0.1) is 0 Å². The van der Waals surface area contributed by atoms with E-state index in [1.54, 1.807) is 0 Å². The molecule has 0 aromatic rings. The molecule has 1 rings (SSSR count). The van der Waals surface area contributed by atoms with E-state index in [1.807, 2.05) is 0 Å². The minimum absolute atomic E-state index is 0.136. The Morgan fingerprint density at radius 3 is 2.65 bits per heavy atom. The fraction of sp³-hybridized carbons (Fsp3) is 1.00. The van der Waals surface area contributed by atoms with Crippen LogP contribution in [0.5, 0.6) is 0 Å². The molecular weight excluding hydrogens is 212 g/mol. The van der Waals surface area contributed by atoms with E-state index < -0.39 is 0 Å². The summed E-state index contributed by atoms with van der Waals surface area (Å²) in [5, 5.41) is 0. The first-order valence-electron chi connectivity index (χ1n) is 7.11. The highest BCUT2D eigenvalue weighted by atomic mass is 16.5. The number of nitrogens with two attached hydrogens (primary N) is 1. The number of unbranched alkanes of at least 4 members (excludes halogenated alkanes) is 1. The smallest absolute Gasteiger partial charge is 0.0624 e. The SMILES string of the molecule is CCCCN(CC1(C)COCC1N)C(C)CC. The second-order valence-electron chi connectivity index (χ2n) is 5.86. The van der Waals surface area contributed by atoms with Crippen LogP contribution in [0.3, 0.4) is 0 Å². The van der Waals surface area contributed by atoms with Crippen LogP contribution in [-0.4, -0.2) is 43.3 Å². The van der Waals surface area contributed by atoms with Crippen molar-refractivity contribution in [1.82, 2.24) is 4.90 Å². The highest BCUT2D eigenvalue weighted by Crippen LogP contribution is 2.29. The van der Waals surface area contributed by atoms with Crippen LogP contribution in [0.25, 0.3) is 0 Å². The monoisotopic (exact) mass is 242 g/mol. The van der Waals surface area contributed by atoms with Gasteiger partial charge in [0.2, 0.25) is 0 Å². The lowest BCUT2D eigenvalue weighted by Crippen LogP contribution is -2.49. The Morgan fingerprint density at radius 2 is 2.18 bits per heavy atom. The zero-order valence-corrected chi connectivity index (χ0v) is 12.0.